The molecule has 1 fully saturated rings. The van der Waals surface area contributed by atoms with Crippen molar-refractivity contribution in [3.8, 4) is 5.75 Å². The summed E-state index contributed by atoms with van der Waals surface area (Å²) < 4.78 is 37.1. The SMILES string of the molecule is Cc1ccc([C@H](Nc2c(Nc3cccc(S(=O)(=O)N(C)C)c3O)c(=O)c2=O)C2(C)COC2)o1. The second-order valence-corrected chi connectivity index (χ2v) is 10.8. The summed E-state index contributed by atoms with van der Waals surface area (Å²) in [5.41, 5.74) is -1.91. The Kier molecular flexibility index (Phi) is 5.59. The van der Waals surface area contributed by atoms with Crippen molar-refractivity contribution >= 4 is 27.1 Å². The van der Waals surface area contributed by atoms with Crippen LogP contribution in [0.3, 0.4) is 0 Å². The number of sulfonamides is 1. The number of rotatable bonds is 8. The molecule has 1 aliphatic rings. The van der Waals surface area contributed by atoms with E-state index >= 15 is 0 Å². The number of furan rings is 1. The van der Waals surface area contributed by atoms with Crippen molar-refractivity contribution < 1.29 is 22.7 Å². The first kappa shape index (κ1) is 23.0. The van der Waals surface area contributed by atoms with Crippen molar-refractivity contribution in [3.63, 3.8) is 0 Å². The van der Waals surface area contributed by atoms with E-state index in [-0.39, 0.29) is 27.4 Å². The van der Waals surface area contributed by atoms with Gasteiger partial charge >= 0.3 is 0 Å². The number of benzene rings is 1. The number of phenols is 1. The van der Waals surface area contributed by atoms with Crippen LogP contribution in [0.15, 0.2) is 49.2 Å². The summed E-state index contributed by atoms with van der Waals surface area (Å²) in [6.45, 7) is 4.66. The van der Waals surface area contributed by atoms with E-state index in [2.05, 4.69) is 10.6 Å². The predicted molar refractivity (Wildman–Crippen MR) is 122 cm³/mol. The molecule has 1 aromatic heterocycles. The van der Waals surface area contributed by atoms with Gasteiger partial charge in [0.1, 0.15) is 27.8 Å². The van der Waals surface area contributed by atoms with E-state index in [9.17, 15) is 23.1 Å². The molecule has 10 nitrogen and oxygen atoms in total. The highest BCUT2D eigenvalue weighted by molar-refractivity contribution is 7.89. The lowest BCUT2D eigenvalue weighted by atomic mass is 9.79. The van der Waals surface area contributed by atoms with E-state index in [4.69, 9.17) is 9.15 Å². The molecule has 0 bridgehead atoms. The van der Waals surface area contributed by atoms with Crippen LogP contribution in [0, 0.1) is 12.3 Å². The zero-order valence-corrected chi connectivity index (χ0v) is 19.4. The summed E-state index contributed by atoms with van der Waals surface area (Å²) in [6, 6.07) is 7.26. The van der Waals surface area contributed by atoms with Gasteiger partial charge in [0, 0.05) is 19.5 Å². The Bertz CT molecular complexity index is 1380. The second-order valence-electron chi connectivity index (χ2n) is 8.65. The maximum Gasteiger partial charge on any atom is 0.253 e. The molecule has 3 aromatic rings. The first-order valence-electron chi connectivity index (χ1n) is 10.2. The second kappa shape index (κ2) is 8.01. The minimum atomic E-state index is -3.93. The van der Waals surface area contributed by atoms with Gasteiger partial charge in [0.2, 0.25) is 10.0 Å². The average Bonchev–Trinajstić information content (AvgIpc) is 3.17. The van der Waals surface area contributed by atoms with Crippen LogP contribution in [-0.4, -0.2) is 45.1 Å². The quantitative estimate of drug-likeness (QED) is 0.330. The third-order valence-corrected chi connectivity index (χ3v) is 7.67. The minimum Gasteiger partial charge on any atom is -0.504 e. The lowest BCUT2D eigenvalue weighted by Crippen LogP contribution is -2.49. The molecule has 3 N–H and O–H groups in total. The van der Waals surface area contributed by atoms with E-state index in [1.165, 1.54) is 32.3 Å². The fraction of sp³-hybridized carbons (Fsp3) is 0.364. The number of phenolic OH excluding ortho intramolecular Hbond substituents is 1. The molecular weight excluding hydrogens is 450 g/mol. The summed E-state index contributed by atoms with van der Waals surface area (Å²) in [5, 5.41) is 16.4. The molecule has 1 saturated heterocycles. The van der Waals surface area contributed by atoms with Crippen LogP contribution in [0.5, 0.6) is 5.75 Å². The number of nitrogens with zero attached hydrogens (tertiary/aromatic N) is 1. The lowest BCUT2D eigenvalue weighted by Gasteiger charge is -2.44. The molecule has 0 radical (unpaired) electrons. The molecule has 0 saturated carbocycles. The third-order valence-electron chi connectivity index (χ3n) is 5.82. The van der Waals surface area contributed by atoms with Crippen molar-refractivity contribution in [1.82, 2.24) is 4.31 Å². The average molecular weight is 476 g/mol. The molecule has 0 spiro atoms. The Morgan fingerprint density at radius 2 is 1.76 bits per heavy atom. The molecule has 1 aliphatic heterocycles. The number of hydrogen-bond donors (Lipinski definition) is 3. The topological polar surface area (TPSA) is 138 Å². The minimum absolute atomic E-state index is 0.0170. The highest BCUT2D eigenvalue weighted by Crippen LogP contribution is 2.43. The van der Waals surface area contributed by atoms with Crippen LogP contribution in [0.25, 0.3) is 0 Å². The van der Waals surface area contributed by atoms with Crippen LogP contribution < -0.4 is 21.5 Å². The fourth-order valence-electron chi connectivity index (χ4n) is 3.74. The number of anilines is 3. The molecule has 1 atom stereocenters. The first-order valence-corrected chi connectivity index (χ1v) is 11.6. The van der Waals surface area contributed by atoms with Gasteiger partial charge in [-0.3, -0.25) is 9.59 Å². The Balaban J connectivity index is 1.69. The molecule has 33 heavy (non-hydrogen) atoms. The number of aryl methyl sites for hydroxylation is 1. The monoisotopic (exact) mass is 475 g/mol. The number of hydrogen-bond acceptors (Lipinski definition) is 9. The van der Waals surface area contributed by atoms with Gasteiger partial charge in [0.25, 0.3) is 10.9 Å². The largest absolute Gasteiger partial charge is 0.504 e. The fourth-order valence-corrected chi connectivity index (χ4v) is 4.74. The predicted octanol–water partition coefficient (Wildman–Crippen LogP) is 2.07. The number of para-hydroxylation sites is 1. The van der Waals surface area contributed by atoms with Crippen LogP contribution in [0.2, 0.25) is 0 Å². The zero-order valence-electron chi connectivity index (χ0n) is 18.6. The van der Waals surface area contributed by atoms with Crippen LogP contribution >= 0.6 is 0 Å². The summed E-state index contributed by atoms with van der Waals surface area (Å²) >= 11 is 0. The molecule has 0 amide bonds. The summed E-state index contributed by atoms with van der Waals surface area (Å²) in [7, 11) is -1.24. The van der Waals surface area contributed by atoms with Crippen LogP contribution in [-0.2, 0) is 14.8 Å². The Hall–Kier alpha value is -3.15. The highest BCUT2D eigenvalue weighted by atomic mass is 32.2. The number of aromatic hydroxyl groups is 1. The lowest BCUT2D eigenvalue weighted by molar-refractivity contribution is -0.115. The standard InChI is InChI=1S/C22H25N3O7S/c1-12-8-9-14(32-12)21(22(2)10-31-11-22)24-17-16(19(27)20(17)28)23-13-6-5-7-15(18(13)26)33(29,30)25(3)4/h5-9,21,23-24,26H,10-11H2,1-4H3/t21-/m0/s1. The summed E-state index contributed by atoms with van der Waals surface area (Å²) in [5.74, 6) is 0.745. The summed E-state index contributed by atoms with van der Waals surface area (Å²) in [6.07, 6.45) is 0. The van der Waals surface area contributed by atoms with Gasteiger partial charge < -0.3 is 24.9 Å². The van der Waals surface area contributed by atoms with Gasteiger partial charge in [0.15, 0.2) is 5.75 Å². The Morgan fingerprint density at radius 3 is 2.30 bits per heavy atom. The molecule has 2 aromatic carbocycles. The van der Waals surface area contributed by atoms with Crippen molar-refractivity contribution in [2.24, 2.45) is 5.41 Å². The van der Waals surface area contributed by atoms with Crippen LogP contribution in [0.1, 0.15) is 24.5 Å². The van der Waals surface area contributed by atoms with E-state index in [0.717, 1.165) is 4.31 Å². The third kappa shape index (κ3) is 3.81. The Labute approximate surface area is 190 Å². The molecule has 2 heterocycles. The number of ether oxygens (including phenoxy) is 1. The molecule has 176 valence electrons. The normalized spacial score (nSPS) is 16.5. The Morgan fingerprint density at radius 1 is 1.09 bits per heavy atom. The summed E-state index contributed by atoms with van der Waals surface area (Å²) in [4.78, 5) is 24.5. The van der Waals surface area contributed by atoms with Crippen LogP contribution in [0.4, 0.5) is 17.1 Å². The molecule has 0 unspecified atom stereocenters. The van der Waals surface area contributed by atoms with Crippen molar-refractivity contribution in [1.29, 1.82) is 0 Å². The van der Waals surface area contributed by atoms with Gasteiger partial charge in [-0.25, -0.2) is 12.7 Å². The molecular formula is C22H25N3O7S. The first-order chi connectivity index (χ1) is 15.5. The van der Waals surface area contributed by atoms with E-state index < -0.39 is 32.7 Å². The van der Waals surface area contributed by atoms with E-state index in [1.807, 2.05) is 19.9 Å². The van der Waals surface area contributed by atoms with Gasteiger partial charge in [-0.1, -0.05) is 13.0 Å². The maximum atomic E-state index is 12.5. The molecule has 4 rings (SSSR count). The van der Waals surface area contributed by atoms with Crippen molar-refractivity contribution in [2.45, 2.75) is 24.8 Å². The highest BCUT2D eigenvalue weighted by Gasteiger charge is 2.45. The number of nitrogens with one attached hydrogen (secondary N) is 2. The van der Waals surface area contributed by atoms with Crippen molar-refractivity contribution in [2.75, 3.05) is 37.9 Å². The van der Waals surface area contributed by atoms with Gasteiger partial charge in [-0.2, -0.15) is 0 Å². The van der Waals surface area contributed by atoms with Crippen molar-refractivity contribution in [3.05, 3.63) is 62.3 Å². The van der Waals surface area contributed by atoms with E-state index in [1.54, 1.807) is 6.07 Å². The molecule has 11 heteroatoms. The van der Waals surface area contributed by atoms with Gasteiger partial charge in [0.05, 0.1) is 24.9 Å². The zero-order chi connectivity index (χ0) is 24.1. The maximum absolute atomic E-state index is 12.5. The van der Waals surface area contributed by atoms with Gasteiger partial charge in [-0.05, 0) is 31.2 Å². The smallest absolute Gasteiger partial charge is 0.253 e. The van der Waals surface area contributed by atoms with Gasteiger partial charge in [-0.15, -0.1) is 0 Å². The molecule has 0 aliphatic carbocycles. The van der Waals surface area contributed by atoms with E-state index in [0.29, 0.717) is 24.7 Å².